The van der Waals surface area contributed by atoms with Gasteiger partial charge in [-0.1, -0.05) is 34.7 Å². The summed E-state index contributed by atoms with van der Waals surface area (Å²) in [7, 11) is 0. The molecule has 1 aromatic heterocycles. The van der Waals surface area contributed by atoms with Crippen LogP contribution in [0.3, 0.4) is 0 Å². The molecule has 21 heteroatoms. The molecule has 6 aliphatic heterocycles. The Labute approximate surface area is 468 Å². The molecule has 3 aromatic carbocycles. The van der Waals surface area contributed by atoms with E-state index in [4.69, 9.17) is 48.6 Å². The quantitative estimate of drug-likeness (QED) is 0.0323. The molecular formula is C59H79N9O12. The van der Waals surface area contributed by atoms with Gasteiger partial charge < -0.3 is 73.8 Å². The molecule has 0 atom stereocenters. The summed E-state index contributed by atoms with van der Waals surface area (Å²) in [6, 6.07) is 18.5. The number of piperidine rings is 3. The van der Waals surface area contributed by atoms with Crippen molar-refractivity contribution in [3.05, 3.63) is 71.6 Å². The lowest BCUT2D eigenvalue weighted by Gasteiger charge is -2.41. The Bertz CT molecular complexity index is 2740. The number of carbonyl (C=O) groups is 2. The van der Waals surface area contributed by atoms with E-state index in [-0.39, 0.29) is 43.9 Å². The zero-order valence-corrected chi connectivity index (χ0v) is 46.1. The first-order valence-electron chi connectivity index (χ1n) is 29.1. The first kappa shape index (κ1) is 56.4. The van der Waals surface area contributed by atoms with Crippen molar-refractivity contribution in [2.75, 3.05) is 66.3 Å². The van der Waals surface area contributed by atoms with Gasteiger partial charge in [-0.3, -0.25) is 9.59 Å². The Morgan fingerprint density at radius 3 is 1.55 bits per heavy atom. The van der Waals surface area contributed by atoms with Gasteiger partial charge in [0.2, 0.25) is 38.0 Å². The summed E-state index contributed by atoms with van der Waals surface area (Å²) in [6.45, 7) is 10.1. The fourth-order valence-electron chi connectivity index (χ4n) is 11.8. The maximum absolute atomic E-state index is 12.4. The third kappa shape index (κ3) is 14.7. The molecule has 21 nitrogen and oxygen atoms in total. The molecule has 9 aliphatic rings. The molecule has 0 unspecified atom stereocenters. The van der Waals surface area contributed by atoms with Crippen LogP contribution in [-0.4, -0.2) is 143 Å². The molecule has 13 rings (SSSR count). The summed E-state index contributed by atoms with van der Waals surface area (Å²) in [6.07, 6.45) is 21.3. The number of esters is 1. The molecule has 3 aliphatic carbocycles. The van der Waals surface area contributed by atoms with Gasteiger partial charge in [-0.25, -0.2) is 0 Å². The highest BCUT2D eigenvalue weighted by Crippen LogP contribution is 2.38. The second kappa shape index (κ2) is 27.6. The van der Waals surface area contributed by atoms with E-state index in [1.54, 1.807) is 36.4 Å². The van der Waals surface area contributed by atoms with E-state index in [1.807, 2.05) is 25.1 Å². The predicted octanol–water partition coefficient (Wildman–Crippen LogP) is 8.31. The van der Waals surface area contributed by atoms with E-state index >= 15 is 0 Å². The molecular weight excluding hydrogens is 1030 g/mol. The SMILES string of the molecule is CCOC(=O)CC1CCN(C2CCC2)CC1.N/C(=N/O)c1ccc2c(c1)OCO2.O=C(CC1CCN(C2CCC2)CC1)N/C(=N/O)c1ccc2c(c1)OCO2.c1cc2c(cc1-c1noc(CC3CCN(C4CCC4)CC3)n1)OCO2. The van der Waals surface area contributed by atoms with Crippen LogP contribution >= 0.6 is 0 Å². The van der Waals surface area contributed by atoms with E-state index in [0.717, 1.165) is 73.4 Å². The molecule has 6 fully saturated rings. The van der Waals surface area contributed by atoms with Gasteiger partial charge in [-0.15, -0.1) is 0 Å². The van der Waals surface area contributed by atoms with Gasteiger partial charge in [-0.2, -0.15) is 4.98 Å². The lowest BCUT2D eigenvalue weighted by Crippen LogP contribution is -2.45. The Hall–Kier alpha value is -6.84. The number of nitrogens with zero attached hydrogens (tertiary/aromatic N) is 7. The summed E-state index contributed by atoms with van der Waals surface area (Å²) in [5.74, 6) is 7.09. The Morgan fingerprint density at radius 2 is 1.06 bits per heavy atom. The van der Waals surface area contributed by atoms with Gasteiger partial charge in [-0.05, 0) is 196 Å². The Kier molecular flexibility index (Phi) is 19.4. The highest BCUT2D eigenvalue weighted by molar-refractivity contribution is 6.08. The number of rotatable bonds is 13. The molecule has 5 N–H and O–H groups in total. The standard InChI is InChI=1S/C19H25N3O4.C19H23N3O3.C13H23NO2.C8H8N2O3/c23-18(10-13-6-8-22(9-7-13)15-2-1-3-15)20-19(21-24)14-4-5-16-17(11-14)26-12-25-16;1-2-15(3-1)22-8-6-13(7-9-22)10-18-20-19(21-25-18)14-4-5-16-17(11-14)24-12-23-16;1-2-16-13(15)10-11-6-8-14(9-7-11)12-4-3-5-12;9-8(10-11)5-1-2-6-7(3-5)13-4-12-6/h4-5,11,13,15,24H,1-3,6-10,12H2,(H,20,21,23);4-5,11,13,15H,1-3,6-10,12H2;11-12H,2-10H2,1H3;1-3,11H,4H2,(H2,9,10). The predicted molar refractivity (Wildman–Crippen MR) is 295 cm³/mol. The maximum Gasteiger partial charge on any atom is 0.306 e. The van der Waals surface area contributed by atoms with Crippen molar-refractivity contribution < 1.29 is 57.7 Å². The normalized spacial score (nSPS) is 20.9. The summed E-state index contributed by atoms with van der Waals surface area (Å²) < 4.78 is 42.1. The number of fused-ring (bicyclic) bond motifs is 3. The topological polar surface area (TPSA) is 251 Å². The minimum Gasteiger partial charge on any atom is -0.466 e. The van der Waals surface area contributed by atoms with Crippen LogP contribution in [0.1, 0.15) is 133 Å². The van der Waals surface area contributed by atoms with E-state index in [2.05, 4.69) is 40.5 Å². The molecule has 432 valence electrons. The van der Waals surface area contributed by atoms with Gasteiger partial charge in [0.25, 0.3) is 0 Å². The lowest BCUT2D eigenvalue weighted by molar-refractivity contribution is -0.144. The van der Waals surface area contributed by atoms with E-state index in [9.17, 15) is 14.8 Å². The van der Waals surface area contributed by atoms with Crippen LogP contribution < -0.4 is 39.5 Å². The van der Waals surface area contributed by atoms with E-state index in [0.29, 0.717) is 77.2 Å². The monoisotopic (exact) mass is 1110 g/mol. The smallest absolute Gasteiger partial charge is 0.306 e. The number of hydrogen-bond donors (Lipinski definition) is 4. The fraction of sp³-hybridized carbons (Fsp3) is 0.593. The molecule has 0 spiro atoms. The second-order valence-corrected chi connectivity index (χ2v) is 22.3. The first-order chi connectivity index (χ1) is 39.2. The van der Waals surface area contributed by atoms with Crippen LogP contribution in [0.5, 0.6) is 34.5 Å². The number of amides is 1. The van der Waals surface area contributed by atoms with Crippen LogP contribution in [0, 0.1) is 17.8 Å². The molecule has 80 heavy (non-hydrogen) atoms. The zero-order chi connectivity index (χ0) is 55.2. The first-order valence-corrected chi connectivity index (χ1v) is 29.1. The number of hydrogen-bond acceptors (Lipinski definition) is 19. The molecule has 4 aromatic rings. The largest absolute Gasteiger partial charge is 0.466 e. The zero-order valence-electron chi connectivity index (χ0n) is 46.1. The number of amidine groups is 2. The molecule has 3 saturated carbocycles. The average molecular weight is 1110 g/mol. The maximum atomic E-state index is 12.4. The number of oxime groups is 2. The number of likely N-dealkylation sites (tertiary alicyclic amines) is 3. The molecule has 0 radical (unpaired) electrons. The van der Waals surface area contributed by atoms with Crippen molar-refractivity contribution in [3.8, 4) is 45.9 Å². The highest BCUT2D eigenvalue weighted by Gasteiger charge is 2.33. The highest BCUT2D eigenvalue weighted by atomic mass is 16.7. The minimum absolute atomic E-state index is 0.00964. The fourth-order valence-corrected chi connectivity index (χ4v) is 11.8. The summed E-state index contributed by atoms with van der Waals surface area (Å²) in [5, 5.41) is 30.7. The minimum atomic E-state index is -0.113. The van der Waals surface area contributed by atoms with Crippen molar-refractivity contribution in [2.24, 2.45) is 33.8 Å². The number of aromatic nitrogens is 2. The van der Waals surface area contributed by atoms with Crippen LogP contribution in [0.15, 0.2) is 69.4 Å². The third-order valence-corrected chi connectivity index (χ3v) is 17.3. The number of nitrogens with two attached hydrogens (primary N) is 1. The van der Waals surface area contributed by atoms with E-state index in [1.165, 1.54) is 110 Å². The van der Waals surface area contributed by atoms with Gasteiger partial charge in [0, 0.05) is 54.1 Å². The molecule has 7 heterocycles. The van der Waals surface area contributed by atoms with Crippen LogP contribution in [0.25, 0.3) is 11.4 Å². The van der Waals surface area contributed by atoms with Crippen molar-refractivity contribution in [1.29, 1.82) is 0 Å². The number of carbonyl (C=O) groups excluding carboxylic acids is 2. The number of nitrogens with one attached hydrogen (secondary N) is 1. The summed E-state index contributed by atoms with van der Waals surface area (Å²) >= 11 is 0. The van der Waals surface area contributed by atoms with Crippen LogP contribution in [0.2, 0.25) is 0 Å². The number of benzene rings is 3. The summed E-state index contributed by atoms with van der Waals surface area (Å²) in [4.78, 5) is 36.2. The molecule has 1 amide bonds. The van der Waals surface area contributed by atoms with Gasteiger partial charge in [0.05, 0.1) is 6.61 Å². The van der Waals surface area contributed by atoms with Crippen molar-refractivity contribution in [3.63, 3.8) is 0 Å². The van der Waals surface area contributed by atoms with Crippen molar-refractivity contribution in [1.82, 2.24) is 30.2 Å². The second-order valence-electron chi connectivity index (χ2n) is 22.3. The Morgan fingerprint density at radius 1 is 0.600 bits per heavy atom. The van der Waals surface area contributed by atoms with E-state index < -0.39 is 0 Å². The van der Waals surface area contributed by atoms with Crippen molar-refractivity contribution in [2.45, 2.75) is 141 Å². The van der Waals surface area contributed by atoms with Gasteiger partial charge >= 0.3 is 5.97 Å². The molecule has 3 saturated heterocycles. The number of ether oxygens (including phenoxy) is 7. The average Bonchev–Trinajstić information content (AvgIpc) is 4.29. The van der Waals surface area contributed by atoms with Crippen LogP contribution in [0.4, 0.5) is 0 Å². The molecule has 0 bridgehead atoms. The van der Waals surface area contributed by atoms with Gasteiger partial charge in [0.1, 0.15) is 0 Å². The third-order valence-electron chi connectivity index (χ3n) is 17.3. The van der Waals surface area contributed by atoms with Crippen LogP contribution in [-0.2, 0) is 20.7 Å². The lowest BCUT2D eigenvalue weighted by atomic mass is 9.87. The van der Waals surface area contributed by atoms with Gasteiger partial charge in [0.15, 0.2) is 46.2 Å². The van der Waals surface area contributed by atoms with Crippen molar-refractivity contribution >= 4 is 23.5 Å². The Balaban J connectivity index is 0.000000125. The summed E-state index contributed by atoms with van der Waals surface area (Å²) in [5.41, 5.74) is 7.49.